The standard InChI is InChI=1S/C24H18N6O4/c31-23(21-25-19(27-29-21)15-8-3-1-4-9-15)33-17-12-7-13-18(14-17)34-24(32)22-26-20(28-30-22)16-10-5-2-6-11-16/h1-5,7-10,12-14H,6,11H2,(H,25,27,29)(H,26,28,30). The number of ether oxygens (including phenoxy) is 2. The summed E-state index contributed by atoms with van der Waals surface area (Å²) in [4.78, 5) is 33.3. The smallest absolute Gasteiger partial charge is 0.381 e. The maximum atomic E-state index is 12.5. The van der Waals surface area contributed by atoms with E-state index in [1.54, 1.807) is 18.2 Å². The third kappa shape index (κ3) is 4.65. The van der Waals surface area contributed by atoms with Crippen LogP contribution in [0.5, 0.6) is 11.5 Å². The van der Waals surface area contributed by atoms with Gasteiger partial charge in [-0.05, 0) is 30.5 Å². The molecule has 2 heterocycles. The number of carbonyl (C=O) groups is 2. The molecule has 2 aromatic heterocycles. The largest absolute Gasteiger partial charge is 0.421 e. The number of aromatic amines is 2. The molecule has 10 heteroatoms. The van der Waals surface area contributed by atoms with Crippen molar-refractivity contribution in [3.8, 4) is 22.9 Å². The Kier molecular flexibility index (Phi) is 5.76. The molecule has 0 spiro atoms. The minimum atomic E-state index is -0.729. The van der Waals surface area contributed by atoms with Gasteiger partial charge in [0.05, 0.1) is 0 Å². The highest BCUT2D eigenvalue weighted by Crippen LogP contribution is 2.23. The van der Waals surface area contributed by atoms with Crippen LogP contribution in [-0.2, 0) is 0 Å². The van der Waals surface area contributed by atoms with E-state index in [-0.39, 0.29) is 23.1 Å². The van der Waals surface area contributed by atoms with Crippen LogP contribution in [-0.4, -0.2) is 42.3 Å². The number of carbonyl (C=O) groups excluding carboxylic acids is 2. The van der Waals surface area contributed by atoms with E-state index >= 15 is 0 Å². The van der Waals surface area contributed by atoms with Gasteiger partial charge in [-0.3, -0.25) is 10.2 Å². The molecular formula is C24H18N6O4. The van der Waals surface area contributed by atoms with Crippen molar-refractivity contribution in [1.82, 2.24) is 30.4 Å². The third-order valence-electron chi connectivity index (χ3n) is 4.92. The number of nitrogens with zero attached hydrogens (tertiary/aromatic N) is 4. The molecule has 1 aliphatic rings. The summed E-state index contributed by atoms with van der Waals surface area (Å²) in [6, 6.07) is 15.3. The molecule has 1 aliphatic carbocycles. The van der Waals surface area contributed by atoms with Gasteiger partial charge in [0.25, 0.3) is 0 Å². The van der Waals surface area contributed by atoms with Crippen molar-refractivity contribution < 1.29 is 19.1 Å². The number of aromatic nitrogens is 6. The van der Waals surface area contributed by atoms with Crippen LogP contribution in [0.1, 0.15) is 39.9 Å². The summed E-state index contributed by atoms with van der Waals surface area (Å²) in [7, 11) is 0. The van der Waals surface area contributed by atoms with Crippen LogP contribution in [0.4, 0.5) is 0 Å². The van der Waals surface area contributed by atoms with Gasteiger partial charge in [-0.2, -0.15) is 10.2 Å². The summed E-state index contributed by atoms with van der Waals surface area (Å²) in [5.74, 6) is -0.335. The van der Waals surface area contributed by atoms with E-state index in [1.165, 1.54) is 6.07 Å². The average Bonchev–Trinajstić information content (AvgIpc) is 3.56. The van der Waals surface area contributed by atoms with Gasteiger partial charge in [-0.1, -0.05) is 54.6 Å². The van der Waals surface area contributed by atoms with Crippen LogP contribution in [0.25, 0.3) is 17.0 Å². The lowest BCUT2D eigenvalue weighted by atomic mass is 10.1. The second-order valence-electron chi connectivity index (χ2n) is 7.29. The van der Waals surface area contributed by atoms with E-state index in [0.29, 0.717) is 11.6 Å². The molecule has 168 valence electrons. The fraction of sp³-hybridized carbons (Fsp3) is 0.0833. The molecule has 0 aliphatic heterocycles. The van der Waals surface area contributed by atoms with E-state index in [2.05, 4.69) is 36.4 Å². The predicted molar refractivity (Wildman–Crippen MR) is 121 cm³/mol. The fourth-order valence-corrected chi connectivity index (χ4v) is 3.27. The molecule has 5 rings (SSSR count). The number of rotatable bonds is 6. The number of esters is 2. The third-order valence-corrected chi connectivity index (χ3v) is 4.92. The van der Waals surface area contributed by atoms with E-state index in [4.69, 9.17) is 9.47 Å². The lowest BCUT2D eigenvalue weighted by molar-refractivity contribution is 0.0720. The van der Waals surface area contributed by atoms with Crippen LogP contribution >= 0.6 is 0 Å². The molecule has 34 heavy (non-hydrogen) atoms. The molecule has 0 bridgehead atoms. The first kappa shape index (κ1) is 21.0. The summed E-state index contributed by atoms with van der Waals surface area (Å²) < 4.78 is 10.7. The van der Waals surface area contributed by atoms with Crippen LogP contribution in [0, 0.1) is 0 Å². The first-order chi connectivity index (χ1) is 16.7. The molecule has 10 nitrogen and oxygen atoms in total. The zero-order chi connectivity index (χ0) is 23.3. The van der Waals surface area contributed by atoms with Crippen molar-refractivity contribution in [3.63, 3.8) is 0 Å². The Morgan fingerprint density at radius 3 is 2.09 bits per heavy atom. The minimum Gasteiger partial charge on any atom is -0.421 e. The molecule has 0 saturated carbocycles. The van der Waals surface area contributed by atoms with Gasteiger partial charge >= 0.3 is 11.9 Å². The van der Waals surface area contributed by atoms with Gasteiger partial charge in [0.15, 0.2) is 11.6 Å². The first-order valence-corrected chi connectivity index (χ1v) is 10.5. The van der Waals surface area contributed by atoms with Crippen molar-refractivity contribution in [3.05, 3.63) is 90.3 Å². The number of hydrogen-bond donors (Lipinski definition) is 2. The highest BCUT2D eigenvalue weighted by atomic mass is 16.5. The molecule has 0 amide bonds. The average molecular weight is 454 g/mol. The normalized spacial score (nSPS) is 12.8. The minimum absolute atomic E-state index is 0.0250. The molecule has 4 aromatic rings. The zero-order valence-corrected chi connectivity index (χ0v) is 17.8. The molecular weight excluding hydrogens is 436 g/mol. The zero-order valence-electron chi connectivity index (χ0n) is 17.8. The molecule has 0 fully saturated rings. The number of nitrogens with one attached hydrogen (secondary N) is 2. The van der Waals surface area contributed by atoms with Crippen molar-refractivity contribution in [2.75, 3.05) is 0 Å². The van der Waals surface area contributed by atoms with E-state index < -0.39 is 11.9 Å². The molecule has 0 unspecified atom stereocenters. The molecule has 2 N–H and O–H groups in total. The summed E-state index contributed by atoms with van der Waals surface area (Å²) in [5, 5.41) is 13.3. The summed E-state index contributed by atoms with van der Waals surface area (Å²) in [6.07, 6.45) is 7.59. The van der Waals surface area contributed by atoms with Crippen LogP contribution in [0.15, 0.2) is 72.8 Å². The van der Waals surface area contributed by atoms with E-state index in [9.17, 15) is 9.59 Å². The van der Waals surface area contributed by atoms with Gasteiger partial charge in [0.2, 0.25) is 11.6 Å². The van der Waals surface area contributed by atoms with Gasteiger partial charge in [0, 0.05) is 11.6 Å². The predicted octanol–water partition coefficient (Wildman–Crippen LogP) is 3.76. The van der Waals surface area contributed by atoms with Gasteiger partial charge in [-0.15, -0.1) is 0 Å². The van der Waals surface area contributed by atoms with Crippen molar-refractivity contribution in [2.45, 2.75) is 12.8 Å². The summed E-state index contributed by atoms with van der Waals surface area (Å²) >= 11 is 0. The number of H-pyrrole nitrogens is 2. The molecule has 0 atom stereocenters. The second-order valence-corrected chi connectivity index (χ2v) is 7.29. The lowest BCUT2D eigenvalue weighted by Crippen LogP contribution is -2.12. The van der Waals surface area contributed by atoms with E-state index in [1.807, 2.05) is 42.5 Å². The first-order valence-electron chi connectivity index (χ1n) is 10.5. The number of allylic oxidation sites excluding steroid dienone is 4. The summed E-state index contributed by atoms with van der Waals surface area (Å²) in [5.41, 5.74) is 1.70. The fourth-order valence-electron chi connectivity index (χ4n) is 3.27. The van der Waals surface area contributed by atoms with Crippen molar-refractivity contribution in [1.29, 1.82) is 0 Å². The monoisotopic (exact) mass is 454 g/mol. The van der Waals surface area contributed by atoms with Crippen LogP contribution in [0.2, 0.25) is 0 Å². The van der Waals surface area contributed by atoms with E-state index in [0.717, 1.165) is 24.0 Å². The molecule has 0 saturated heterocycles. The maximum Gasteiger partial charge on any atom is 0.381 e. The Labute approximate surface area is 193 Å². The highest BCUT2D eigenvalue weighted by Gasteiger charge is 2.19. The lowest BCUT2D eigenvalue weighted by Gasteiger charge is -2.05. The van der Waals surface area contributed by atoms with Crippen molar-refractivity contribution in [2.24, 2.45) is 0 Å². The Morgan fingerprint density at radius 1 is 0.794 bits per heavy atom. The summed E-state index contributed by atoms with van der Waals surface area (Å²) in [6.45, 7) is 0. The second kappa shape index (κ2) is 9.33. The van der Waals surface area contributed by atoms with Crippen LogP contribution < -0.4 is 9.47 Å². The Bertz CT molecular complexity index is 1400. The topological polar surface area (TPSA) is 136 Å². The Hall–Kier alpha value is -4.86. The molecule has 2 aromatic carbocycles. The molecule has 0 radical (unpaired) electrons. The quantitative estimate of drug-likeness (QED) is 0.332. The highest BCUT2D eigenvalue weighted by molar-refractivity contribution is 5.88. The number of benzene rings is 2. The number of hydrogen-bond acceptors (Lipinski definition) is 8. The Morgan fingerprint density at radius 2 is 1.44 bits per heavy atom. The van der Waals surface area contributed by atoms with Crippen LogP contribution in [0.3, 0.4) is 0 Å². The van der Waals surface area contributed by atoms with Gasteiger partial charge < -0.3 is 9.47 Å². The SMILES string of the molecule is O=C(Oc1cccc(OC(=O)c2nc(-c3ccccc3)n[nH]2)c1)c1nc(C2=CC=CCC2)n[nH]1. The van der Waals surface area contributed by atoms with Gasteiger partial charge in [0.1, 0.15) is 11.5 Å². The Balaban J connectivity index is 1.24. The van der Waals surface area contributed by atoms with Gasteiger partial charge in [-0.25, -0.2) is 19.6 Å². The maximum absolute atomic E-state index is 12.5. The van der Waals surface area contributed by atoms with Crippen molar-refractivity contribution >= 4 is 17.5 Å².